The molecule has 7 heteroatoms. The van der Waals surface area contributed by atoms with E-state index in [1.54, 1.807) is 12.1 Å². The molecule has 0 spiro atoms. The molecule has 3 rings (SSSR count). The second-order valence-corrected chi connectivity index (χ2v) is 5.80. The average molecular weight is 307 g/mol. The van der Waals surface area contributed by atoms with Crippen LogP contribution in [0.25, 0.3) is 0 Å². The van der Waals surface area contributed by atoms with Crippen LogP contribution in [-0.4, -0.2) is 43.4 Å². The van der Waals surface area contributed by atoms with E-state index in [4.69, 9.17) is 15.2 Å². The van der Waals surface area contributed by atoms with Gasteiger partial charge in [0, 0.05) is 37.0 Å². The van der Waals surface area contributed by atoms with Crippen molar-refractivity contribution in [1.29, 1.82) is 0 Å². The minimum Gasteiger partial charge on any atom is -0.378 e. The van der Waals surface area contributed by atoms with Crippen molar-refractivity contribution in [3.05, 3.63) is 33.9 Å². The van der Waals surface area contributed by atoms with Crippen LogP contribution in [0.3, 0.4) is 0 Å². The largest absolute Gasteiger partial charge is 0.378 e. The van der Waals surface area contributed by atoms with E-state index in [2.05, 4.69) is 4.90 Å². The molecule has 1 aliphatic carbocycles. The van der Waals surface area contributed by atoms with Crippen molar-refractivity contribution in [3.63, 3.8) is 0 Å². The van der Waals surface area contributed by atoms with Crippen molar-refractivity contribution >= 4 is 11.4 Å². The third kappa shape index (κ3) is 3.37. The van der Waals surface area contributed by atoms with E-state index in [1.807, 2.05) is 6.07 Å². The Balaban J connectivity index is 1.75. The first-order chi connectivity index (χ1) is 10.6. The maximum absolute atomic E-state index is 11.1. The smallest absolute Gasteiger partial charge is 0.271 e. The van der Waals surface area contributed by atoms with E-state index in [-0.39, 0.29) is 22.8 Å². The third-order valence-corrected chi connectivity index (χ3v) is 4.28. The normalized spacial score (nSPS) is 24.9. The average Bonchev–Trinajstić information content (AvgIpc) is 2.54. The summed E-state index contributed by atoms with van der Waals surface area (Å²) in [5.41, 5.74) is 7.62. The number of hydrogen-bond acceptors (Lipinski definition) is 6. The molecule has 2 N–H and O–H groups in total. The zero-order valence-electron chi connectivity index (χ0n) is 12.4. The highest BCUT2D eigenvalue weighted by Gasteiger charge is 2.28. The number of nitrogens with two attached hydrogens (primary N) is 1. The molecule has 0 unspecified atom stereocenters. The predicted molar refractivity (Wildman–Crippen MR) is 81.9 cm³/mol. The van der Waals surface area contributed by atoms with Gasteiger partial charge in [0.2, 0.25) is 0 Å². The van der Waals surface area contributed by atoms with Crippen LogP contribution in [0, 0.1) is 10.1 Å². The Labute approximate surface area is 129 Å². The monoisotopic (exact) mass is 307 g/mol. The van der Waals surface area contributed by atoms with Crippen molar-refractivity contribution in [3.8, 4) is 0 Å². The molecule has 1 saturated heterocycles. The summed E-state index contributed by atoms with van der Waals surface area (Å²) in [4.78, 5) is 12.9. The van der Waals surface area contributed by atoms with Crippen LogP contribution in [0.5, 0.6) is 0 Å². The first-order valence-electron chi connectivity index (χ1n) is 7.62. The highest BCUT2D eigenvalue weighted by atomic mass is 16.6. The first kappa shape index (κ1) is 15.2. The van der Waals surface area contributed by atoms with E-state index in [0.29, 0.717) is 19.8 Å². The molecule has 1 aromatic rings. The van der Waals surface area contributed by atoms with Gasteiger partial charge in [-0.3, -0.25) is 10.1 Å². The number of rotatable bonds is 5. The number of hydrogen-bond donors (Lipinski definition) is 1. The fourth-order valence-corrected chi connectivity index (χ4v) is 2.75. The fraction of sp³-hybridized carbons (Fsp3) is 0.600. The molecule has 120 valence electrons. The molecule has 1 heterocycles. The summed E-state index contributed by atoms with van der Waals surface area (Å²) < 4.78 is 11.1. The summed E-state index contributed by atoms with van der Waals surface area (Å²) >= 11 is 0. The van der Waals surface area contributed by atoms with E-state index in [1.165, 1.54) is 0 Å². The Kier molecular flexibility index (Phi) is 4.56. The Morgan fingerprint density at radius 3 is 2.68 bits per heavy atom. The number of nitro benzene ring substituents is 1. The van der Waals surface area contributed by atoms with Gasteiger partial charge in [-0.05, 0) is 24.5 Å². The van der Waals surface area contributed by atoms with Crippen molar-refractivity contribution in [2.45, 2.75) is 31.6 Å². The standard InChI is InChI=1S/C15H21N3O4/c16-14-1-2-15(14)22-10-11-7-12(9-13(8-11)18(19)20)17-3-5-21-6-4-17/h7-9,14-15H,1-6,10,16H2/t14-,15-/m1/s1. The second-order valence-electron chi connectivity index (χ2n) is 5.80. The van der Waals surface area contributed by atoms with Gasteiger partial charge in [-0.1, -0.05) is 0 Å². The molecular weight excluding hydrogens is 286 g/mol. The van der Waals surface area contributed by atoms with Gasteiger partial charge >= 0.3 is 0 Å². The van der Waals surface area contributed by atoms with Gasteiger partial charge in [-0.15, -0.1) is 0 Å². The van der Waals surface area contributed by atoms with Gasteiger partial charge in [0.15, 0.2) is 0 Å². The number of ether oxygens (including phenoxy) is 2. The minimum atomic E-state index is -0.359. The maximum Gasteiger partial charge on any atom is 0.271 e. The molecule has 0 aromatic heterocycles. The van der Waals surface area contributed by atoms with E-state index in [9.17, 15) is 10.1 Å². The number of nitro groups is 1. The zero-order valence-corrected chi connectivity index (χ0v) is 12.4. The van der Waals surface area contributed by atoms with Gasteiger partial charge in [-0.25, -0.2) is 0 Å². The maximum atomic E-state index is 11.1. The summed E-state index contributed by atoms with van der Waals surface area (Å²) in [6.45, 7) is 3.14. The van der Waals surface area contributed by atoms with Crippen molar-refractivity contribution in [2.24, 2.45) is 5.73 Å². The van der Waals surface area contributed by atoms with Gasteiger partial charge < -0.3 is 20.1 Å². The van der Waals surface area contributed by atoms with Crippen LogP contribution in [0.15, 0.2) is 18.2 Å². The van der Waals surface area contributed by atoms with Crippen LogP contribution in [0.2, 0.25) is 0 Å². The van der Waals surface area contributed by atoms with Crippen LogP contribution >= 0.6 is 0 Å². The topological polar surface area (TPSA) is 90.9 Å². The lowest BCUT2D eigenvalue weighted by molar-refractivity contribution is -0.384. The van der Waals surface area contributed by atoms with Gasteiger partial charge in [-0.2, -0.15) is 0 Å². The van der Waals surface area contributed by atoms with E-state index in [0.717, 1.165) is 37.2 Å². The Morgan fingerprint density at radius 2 is 2.09 bits per heavy atom. The molecule has 22 heavy (non-hydrogen) atoms. The number of benzene rings is 1. The highest BCUT2D eigenvalue weighted by molar-refractivity contribution is 5.56. The van der Waals surface area contributed by atoms with Crippen LogP contribution in [0.4, 0.5) is 11.4 Å². The van der Waals surface area contributed by atoms with Crippen molar-refractivity contribution < 1.29 is 14.4 Å². The zero-order chi connectivity index (χ0) is 15.5. The summed E-state index contributed by atoms with van der Waals surface area (Å²) in [6, 6.07) is 5.25. The van der Waals surface area contributed by atoms with Crippen LogP contribution < -0.4 is 10.6 Å². The van der Waals surface area contributed by atoms with Gasteiger partial charge in [0.05, 0.1) is 30.8 Å². The fourth-order valence-electron chi connectivity index (χ4n) is 2.75. The summed E-state index contributed by atoms with van der Waals surface area (Å²) in [7, 11) is 0. The number of morpholine rings is 1. The number of anilines is 1. The third-order valence-electron chi connectivity index (χ3n) is 4.28. The summed E-state index contributed by atoms with van der Waals surface area (Å²) in [5, 5.41) is 11.1. The Hall–Kier alpha value is -1.70. The second kappa shape index (κ2) is 6.60. The summed E-state index contributed by atoms with van der Waals surface area (Å²) in [6.07, 6.45) is 2.02. The van der Waals surface area contributed by atoms with E-state index >= 15 is 0 Å². The number of nitrogens with zero attached hydrogens (tertiary/aromatic N) is 2. The van der Waals surface area contributed by atoms with Gasteiger partial charge in [0.1, 0.15) is 0 Å². The van der Waals surface area contributed by atoms with Crippen LogP contribution in [-0.2, 0) is 16.1 Å². The number of non-ortho nitro benzene ring substituents is 1. The van der Waals surface area contributed by atoms with Crippen molar-refractivity contribution in [1.82, 2.24) is 0 Å². The Bertz CT molecular complexity index is 546. The SMILES string of the molecule is N[C@@H]1CC[C@H]1OCc1cc(N2CCOCC2)cc([N+](=O)[O-])c1. The lowest BCUT2D eigenvalue weighted by atomic mass is 9.90. The van der Waals surface area contributed by atoms with Gasteiger partial charge in [0.25, 0.3) is 5.69 Å². The molecule has 2 fully saturated rings. The molecule has 0 bridgehead atoms. The summed E-state index contributed by atoms with van der Waals surface area (Å²) in [5.74, 6) is 0. The van der Waals surface area contributed by atoms with E-state index < -0.39 is 0 Å². The minimum absolute atomic E-state index is 0.0751. The molecule has 1 saturated carbocycles. The first-order valence-corrected chi connectivity index (χ1v) is 7.62. The molecule has 2 atom stereocenters. The molecule has 2 aliphatic rings. The molecule has 1 aromatic carbocycles. The predicted octanol–water partition coefficient (Wildman–Crippen LogP) is 1.44. The Morgan fingerprint density at radius 1 is 1.32 bits per heavy atom. The molecule has 1 aliphatic heterocycles. The van der Waals surface area contributed by atoms with Crippen molar-refractivity contribution in [2.75, 3.05) is 31.2 Å². The molecule has 7 nitrogen and oxygen atoms in total. The quantitative estimate of drug-likeness (QED) is 0.654. The lowest BCUT2D eigenvalue weighted by Crippen LogP contribution is -2.45. The molecule has 0 amide bonds. The molecular formula is C15H21N3O4. The lowest BCUT2D eigenvalue weighted by Gasteiger charge is -2.33. The molecule has 0 radical (unpaired) electrons. The highest BCUT2D eigenvalue weighted by Crippen LogP contribution is 2.27. The van der Waals surface area contributed by atoms with Crippen LogP contribution in [0.1, 0.15) is 18.4 Å².